The molecule has 4 heterocycles. The van der Waals surface area contributed by atoms with Gasteiger partial charge in [-0.05, 0) is 109 Å². The number of aromatic nitrogens is 3. The second-order valence-corrected chi connectivity index (χ2v) is 14.2. The third-order valence-corrected chi connectivity index (χ3v) is 8.22. The van der Waals surface area contributed by atoms with Crippen molar-refractivity contribution in [1.29, 1.82) is 0 Å². The summed E-state index contributed by atoms with van der Waals surface area (Å²) < 4.78 is 11.3. The Morgan fingerprint density at radius 2 is 1.33 bits per heavy atom. The lowest BCUT2D eigenvalue weighted by Gasteiger charge is -2.28. The van der Waals surface area contributed by atoms with Gasteiger partial charge in [-0.25, -0.2) is 14.6 Å². The average Bonchev–Trinajstić information content (AvgIpc) is 3.79. The molecule has 2 saturated heterocycles. The van der Waals surface area contributed by atoms with Crippen molar-refractivity contribution in [1.82, 2.24) is 24.8 Å². The Bertz CT molecular complexity index is 1810. The second-order valence-electron chi connectivity index (χ2n) is 14.2. The third kappa shape index (κ3) is 8.52. The number of rotatable bonds is 3. The van der Waals surface area contributed by atoms with Gasteiger partial charge in [0.1, 0.15) is 17.0 Å². The number of ether oxygens (including phenoxy) is 2. The molecule has 2 amide bonds. The van der Waals surface area contributed by atoms with Gasteiger partial charge in [-0.1, -0.05) is 24.0 Å². The van der Waals surface area contributed by atoms with Gasteiger partial charge in [0.25, 0.3) is 0 Å². The number of carbonyl (C=O) groups excluding carboxylic acids is 2. The topological polar surface area (TPSA) is 104 Å². The Labute approximate surface area is 297 Å². The molecule has 0 bridgehead atoms. The van der Waals surface area contributed by atoms with Gasteiger partial charge in [0, 0.05) is 40.8 Å². The number of nitrogens with zero attached hydrogens (tertiary/aromatic N) is 3. The van der Waals surface area contributed by atoms with E-state index in [1.165, 1.54) is 0 Å². The molecule has 0 spiro atoms. The van der Waals surface area contributed by atoms with E-state index in [9.17, 15) is 9.59 Å². The van der Waals surface area contributed by atoms with Gasteiger partial charge < -0.3 is 19.4 Å². The molecule has 4 aromatic rings. The Hall–Kier alpha value is -4.01. The quantitative estimate of drug-likeness (QED) is 0.211. The van der Waals surface area contributed by atoms with Gasteiger partial charge in [0.2, 0.25) is 0 Å². The van der Waals surface area contributed by atoms with Crippen molar-refractivity contribution >= 4 is 50.1 Å². The number of amides is 2. The second kappa shape index (κ2) is 14.6. The van der Waals surface area contributed by atoms with Crippen molar-refractivity contribution in [2.45, 2.75) is 90.5 Å². The molecular weight excluding hydrogens is 643 g/mol. The van der Waals surface area contributed by atoms with Crippen LogP contribution in [-0.4, -0.2) is 61.2 Å². The van der Waals surface area contributed by atoms with Gasteiger partial charge in [-0.2, -0.15) is 27.0 Å². The molecular formula is C37H47N5O4S2. The SMILES string of the molecule is CC(C)(C)OC(=O)N1CCC[C@H]1c1cc2cc(C#Cc3ccc(-c4cnc([C@@H]5CCCN5C(=O)OC(C)(C)C)[nH]4)cc3)ccc2[nH]1.S.S. The molecule has 2 aliphatic heterocycles. The summed E-state index contributed by atoms with van der Waals surface area (Å²) in [4.78, 5) is 40.7. The first-order valence-electron chi connectivity index (χ1n) is 16.1. The summed E-state index contributed by atoms with van der Waals surface area (Å²) in [6, 6.07) is 16.2. The molecule has 0 unspecified atom stereocenters. The Morgan fingerprint density at radius 3 is 1.96 bits per heavy atom. The summed E-state index contributed by atoms with van der Waals surface area (Å²) in [5.41, 5.74) is 4.70. The number of H-pyrrole nitrogens is 2. The fourth-order valence-corrected chi connectivity index (χ4v) is 6.16. The van der Waals surface area contributed by atoms with E-state index in [1.807, 2.05) is 89.0 Å². The van der Waals surface area contributed by atoms with E-state index in [-0.39, 0.29) is 51.3 Å². The molecule has 2 aromatic carbocycles. The lowest BCUT2D eigenvalue weighted by atomic mass is 10.1. The van der Waals surface area contributed by atoms with Crippen LogP contribution >= 0.6 is 27.0 Å². The third-order valence-electron chi connectivity index (χ3n) is 8.22. The number of likely N-dealkylation sites (tertiary alicyclic amines) is 2. The van der Waals surface area contributed by atoms with Crippen LogP contribution in [-0.2, 0) is 9.47 Å². The van der Waals surface area contributed by atoms with E-state index in [0.717, 1.165) is 70.5 Å². The number of imidazole rings is 1. The Morgan fingerprint density at radius 1 is 0.771 bits per heavy atom. The predicted molar refractivity (Wildman–Crippen MR) is 199 cm³/mol. The van der Waals surface area contributed by atoms with Crippen molar-refractivity contribution in [2.75, 3.05) is 13.1 Å². The summed E-state index contributed by atoms with van der Waals surface area (Å²) in [6.07, 6.45) is 4.87. The normalized spacial score (nSPS) is 17.7. The highest BCUT2D eigenvalue weighted by Gasteiger charge is 2.35. The maximum absolute atomic E-state index is 12.8. The highest BCUT2D eigenvalue weighted by atomic mass is 32.1. The van der Waals surface area contributed by atoms with E-state index in [2.05, 4.69) is 38.9 Å². The van der Waals surface area contributed by atoms with Crippen molar-refractivity contribution in [2.24, 2.45) is 0 Å². The summed E-state index contributed by atoms with van der Waals surface area (Å²) in [7, 11) is 0. The molecule has 2 aromatic heterocycles. The Balaban J connectivity index is 0.00000260. The minimum atomic E-state index is -0.538. The zero-order valence-electron chi connectivity index (χ0n) is 28.6. The number of hydrogen-bond acceptors (Lipinski definition) is 5. The molecule has 48 heavy (non-hydrogen) atoms. The van der Waals surface area contributed by atoms with Gasteiger partial charge >= 0.3 is 12.2 Å². The van der Waals surface area contributed by atoms with E-state index in [4.69, 9.17) is 9.47 Å². The molecule has 2 N–H and O–H groups in total. The van der Waals surface area contributed by atoms with E-state index >= 15 is 0 Å². The lowest BCUT2D eigenvalue weighted by molar-refractivity contribution is 0.0210. The lowest BCUT2D eigenvalue weighted by Crippen LogP contribution is -2.36. The molecule has 0 radical (unpaired) electrons. The highest BCUT2D eigenvalue weighted by Crippen LogP contribution is 2.35. The molecule has 2 fully saturated rings. The summed E-state index contributed by atoms with van der Waals surface area (Å²) in [5.74, 6) is 7.36. The van der Waals surface area contributed by atoms with Crippen LogP contribution in [0, 0.1) is 11.8 Å². The zero-order chi connectivity index (χ0) is 32.6. The first-order chi connectivity index (χ1) is 21.8. The van der Waals surface area contributed by atoms with Crippen LogP contribution in [0.15, 0.2) is 54.7 Å². The maximum atomic E-state index is 12.8. The van der Waals surface area contributed by atoms with Crippen LogP contribution in [0.5, 0.6) is 0 Å². The van der Waals surface area contributed by atoms with Crippen LogP contribution in [0.4, 0.5) is 9.59 Å². The van der Waals surface area contributed by atoms with Crippen LogP contribution in [0.25, 0.3) is 22.2 Å². The Kier molecular flexibility index (Phi) is 11.2. The largest absolute Gasteiger partial charge is 0.444 e. The number of hydrogen-bond donors (Lipinski definition) is 2. The molecule has 2 atom stereocenters. The van der Waals surface area contributed by atoms with Crippen molar-refractivity contribution in [3.05, 3.63) is 77.4 Å². The first kappa shape index (κ1) is 36.8. The number of fused-ring (bicyclic) bond motifs is 1. The van der Waals surface area contributed by atoms with Crippen LogP contribution in [0.3, 0.4) is 0 Å². The van der Waals surface area contributed by atoms with Crippen LogP contribution in [0.2, 0.25) is 0 Å². The van der Waals surface area contributed by atoms with Crippen molar-refractivity contribution < 1.29 is 19.1 Å². The summed E-state index contributed by atoms with van der Waals surface area (Å²) in [6.45, 7) is 12.7. The van der Waals surface area contributed by atoms with Crippen LogP contribution < -0.4 is 0 Å². The molecule has 11 heteroatoms. The highest BCUT2D eigenvalue weighted by molar-refractivity contribution is 7.59. The average molecular weight is 690 g/mol. The molecule has 256 valence electrons. The molecule has 0 saturated carbocycles. The van der Waals surface area contributed by atoms with Gasteiger partial charge in [0.15, 0.2) is 0 Å². The summed E-state index contributed by atoms with van der Waals surface area (Å²) >= 11 is 0. The van der Waals surface area contributed by atoms with E-state index in [1.54, 1.807) is 4.90 Å². The molecule has 2 aliphatic rings. The predicted octanol–water partition coefficient (Wildman–Crippen LogP) is 8.33. The fourth-order valence-electron chi connectivity index (χ4n) is 6.16. The van der Waals surface area contributed by atoms with Crippen molar-refractivity contribution in [3.63, 3.8) is 0 Å². The van der Waals surface area contributed by atoms with Crippen molar-refractivity contribution in [3.8, 4) is 23.1 Å². The number of carbonyl (C=O) groups is 2. The first-order valence-corrected chi connectivity index (χ1v) is 16.1. The molecule has 0 aliphatic carbocycles. The number of benzene rings is 2. The smallest absolute Gasteiger partial charge is 0.410 e. The monoisotopic (exact) mass is 689 g/mol. The maximum Gasteiger partial charge on any atom is 0.410 e. The number of nitrogens with one attached hydrogen (secondary N) is 2. The van der Waals surface area contributed by atoms with Gasteiger partial charge in [-0.3, -0.25) is 9.80 Å². The number of aromatic amines is 2. The van der Waals surface area contributed by atoms with Crippen LogP contribution in [0.1, 0.15) is 102 Å². The standard InChI is InChI=1S/C37H43N5O4.2H2S/c1-36(2,3)45-34(43)41-19-7-9-31(41)29-22-27-21-25(15-18-28(27)39-29)12-11-24-13-16-26(17-14-24)30-23-38-33(40-30)32-10-8-20-42(32)35(44)46-37(4,5)6;;/h13-18,21-23,31-32,39H,7-10,19-20H2,1-6H3,(H,38,40);2*1H2/t31-,32-;;/m0../s1. The zero-order valence-corrected chi connectivity index (χ0v) is 30.6. The minimum absolute atomic E-state index is 0. The van der Waals surface area contributed by atoms with E-state index in [0.29, 0.717) is 13.1 Å². The minimum Gasteiger partial charge on any atom is -0.444 e. The van der Waals surface area contributed by atoms with Gasteiger partial charge in [0.05, 0.1) is 24.0 Å². The van der Waals surface area contributed by atoms with E-state index < -0.39 is 11.2 Å². The van der Waals surface area contributed by atoms with Gasteiger partial charge in [-0.15, -0.1) is 0 Å². The fraction of sp³-hybridized carbons (Fsp3) is 0.432. The molecule has 9 nitrogen and oxygen atoms in total. The molecule has 6 rings (SSSR count). The summed E-state index contributed by atoms with van der Waals surface area (Å²) in [5, 5.41) is 1.07.